The van der Waals surface area contributed by atoms with Crippen molar-refractivity contribution < 1.29 is 27.2 Å². The molecule has 3 aromatic rings. The van der Waals surface area contributed by atoms with Gasteiger partial charge in [-0.05, 0) is 49.2 Å². The van der Waals surface area contributed by atoms with Gasteiger partial charge in [-0.25, -0.2) is 18.2 Å². The van der Waals surface area contributed by atoms with Gasteiger partial charge in [-0.3, -0.25) is 10.1 Å². The highest BCUT2D eigenvalue weighted by Gasteiger charge is 2.25. The molecule has 0 aliphatic heterocycles. The number of hydrogen-bond acceptors (Lipinski definition) is 8. The number of thiazole rings is 1. The molecule has 31 heavy (non-hydrogen) atoms. The Kier molecular flexibility index (Phi) is 6.83. The lowest BCUT2D eigenvalue weighted by Gasteiger charge is -2.05. The van der Waals surface area contributed by atoms with Crippen LogP contribution in [0.5, 0.6) is 0 Å². The molecular formula is C20H19ClN2O6S2. The van der Waals surface area contributed by atoms with Crippen LogP contribution in [0.3, 0.4) is 0 Å². The first-order chi connectivity index (χ1) is 14.6. The molecule has 164 valence electrons. The van der Waals surface area contributed by atoms with E-state index in [2.05, 4.69) is 10.3 Å². The number of nitrogens with zero attached hydrogens (tertiary/aromatic N) is 1. The van der Waals surface area contributed by atoms with E-state index in [1.54, 1.807) is 6.92 Å². The summed E-state index contributed by atoms with van der Waals surface area (Å²) < 4.78 is 35.7. The topological polar surface area (TPSA) is 116 Å². The van der Waals surface area contributed by atoms with Gasteiger partial charge in [0.1, 0.15) is 4.88 Å². The molecule has 0 aliphatic carbocycles. The number of ether oxygens (including phenoxy) is 1. The second kappa shape index (κ2) is 9.21. The van der Waals surface area contributed by atoms with Crippen LogP contribution in [0.15, 0.2) is 50.8 Å². The molecule has 2 aromatic heterocycles. The molecular weight excluding hydrogens is 464 g/mol. The zero-order valence-electron chi connectivity index (χ0n) is 16.8. The number of sulfone groups is 1. The number of halogens is 1. The average molecular weight is 483 g/mol. The number of hydrogen-bond donors (Lipinski definition) is 1. The fourth-order valence-corrected chi connectivity index (χ4v) is 4.58. The molecule has 8 nitrogen and oxygen atoms in total. The minimum Gasteiger partial charge on any atom is -0.461 e. The van der Waals surface area contributed by atoms with E-state index < -0.39 is 21.7 Å². The zero-order valence-corrected chi connectivity index (χ0v) is 19.2. The number of furan rings is 1. The van der Waals surface area contributed by atoms with E-state index in [1.165, 1.54) is 36.4 Å². The molecule has 3 rings (SSSR count). The van der Waals surface area contributed by atoms with Crippen LogP contribution in [0.1, 0.15) is 39.8 Å². The van der Waals surface area contributed by atoms with E-state index in [9.17, 15) is 18.0 Å². The minimum absolute atomic E-state index is 0.0155. The number of rotatable bonds is 7. The Morgan fingerprint density at radius 1 is 1.19 bits per heavy atom. The minimum atomic E-state index is -3.95. The molecule has 0 spiro atoms. The lowest BCUT2D eigenvalue weighted by atomic mass is 10.2. The van der Waals surface area contributed by atoms with E-state index in [1.807, 2.05) is 13.8 Å². The second-order valence-corrected chi connectivity index (χ2v) is 10.3. The summed E-state index contributed by atoms with van der Waals surface area (Å²) in [7, 11) is -3.95. The van der Waals surface area contributed by atoms with Crippen molar-refractivity contribution in [1.82, 2.24) is 4.98 Å². The SMILES string of the molecule is Cc1nc(NC(=O)c2ccc(S(=O)(=O)c3ccc(Cl)cc3)o2)sc1C(=O)OCC(C)C. The summed E-state index contributed by atoms with van der Waals surface area (Å²) in [6.07, 6.45) is 0. The van der Waals surface area contributed by atoms with E-state index in [4.69, 9.17) is 20.8 Å². The summed E-state index contributed by atoms with van der Waals surface area (Å²) in [5, 5.41) is 2.68. The molecule has 0 fully saturated rings. The fraction of sp³-hybridized carbons (Fsp3) is 0.250. The number of nitrogens with one attached hydrogen (secondary N) is 1. The van der Waals surface area contributed by atoms with Crippen molar-refractivity contribution >= 4 is 49.8 Å². The molecule has 0 radical (unpaired) electrons. The predicted octanol–water partition coefficient (Wildman–Crippen LogP) is 4.60. The van der Waals surface area contributed by atoms with Crippen LogP contribution in [0, 0.1) is 12.8 Å². The van der Waals surface area contributed by atoms with Crippen LogP contribution >= 0.6 is 22.9 Å². The summed E-state index contributed by atoms with van der Waals surface area (Å²) in [6.45, 7) is 5.74. The molecule has 11 heteroatoms. The lowest BCUT2D eigenvalue weighted by Crippen LogP contribution is -2.10. The highest BCUT2D eigenvalue weighted by molar-refractivity contribution is 7.91. The summed E-state index contributed by atoms with van der Waals surface area (Å²) >= 11 is 6.75. The highest BCUT2D eigenvalue weighted by Crippen LogP contribution is 2.26. The summed E-state index contributed by atoms with van der Waals surface area (Å²) in [5.41, 5.74) is 0.416. The molecule has 0 saturated carbocycles. The number of carbonyl (C=O) groups is 2. The predicted molar refractivity (Wildman–Crippen MR) is 116 cm³/mol. The number of aryl methyl sites for hydroxylation is 1. The van der Waals surface area contributed by atoms with Crippen molar-refractivity contribution in [1.29, 1.82) is 0 Å². The third-order valence-electron chi connectivity index (χ3n) is 3.94. The van der Waals surface area contributed by atoms with Gasteiger partial charge in [-0.2, -0.15) is 0 Å². The van der Waals surface area contributed by atoms with Crippen LogP contribution in [0.4, 0.5) is 5.13 Å². The van der Waals surface area contributed by atoms with Crippen LogP contribution in [0.25, 0.3) is 0 Å². The monoisotopic (exact) mass is 482 g/mol. The number of carbonyl (C=O) groups excluding carboxylic acids is 2. The molecule has 0 unspecified atom stereocenters. The quantitative estimate of drug-likeness (QED) is 0.489. The van der Waals surface area contributed by atoms with Gasteiger partial charge in [0.15, 0.2) is 10.9 Å². The van der Waals surface area contributed by atoms with Gasteiger partial charge in [0, 0.05) is 5.02 Å². The van der Waals surface area contributed by atoms with Gasteiger partial charge in [-0.15, -0.1) is 0 Å². The number of anilines is 1. The number of aromatic nitrogens is 1. The molecule has 2 heterocycles. The van der Waals surface area contributed by atoms with Crippen molar-refractivity contribution in [3.8, 4) is 0 Å². The average Bonchev–Trinajstić information content (AvgIpc) is 3.34. The molecule has 0 saturated heterocycles. The van der Waals surface area contributed by atoms with E-state index in [-0.39, 0.29) is 38.3 Å². The Morgan fingerprint density at radius 2 is 1.87 bits per heavy atom. The Morgan fingerprint density at radius 3 is 2.52 bits per heavy atom. The number of benzene rings is 1. The largest absolute Gasteiger partial charge is 0.461 e. The molecule has 1 aromatic carbocycles. The zero-order chi connectivity index (χ0) is 22.8. The third-order valence-corrected chi connectivity index (χ3v) is 6.89. The molecule has 1 amide bonds. The number of amides is 1. The number of esters is 1. The van der Waals surface area contributed by atoms with Crippen LogP contribution in [-0.4, -0.2) is 31.9 Å². The Bertz CT molecular complexity index is 1210. The summed E-state index contributed by atoms with van der Waals surface area (Å²) in [4.78, 5) is 29.0. The Labute approximate surface area is 188 Å². The second-order valence-electron chi connectivity index (χ2n) is 6.96. The smallest absolute Gasteiger partial charge is 0.350 e. The van der Waals surface area contributed by atoms with Gasteiger partial charge < -0.3 is 9.15 Å². The molecule has 1 N–H and O–H groups in total. The molecule has 0 aliphatic rings. The third kappa shape index (κ3) is 5.33. The first-order valence-corrected chi connectivity index (χ1v) is 11.8. The van der Waals surface area contributed by atoms with Gasteiger partial charge in [0.2, 0.25) is 14.9 Å². The van der Waals surface area contributed by atoms with Gasteiger partial charge in [0.25, 0.3) is 5.91 Å². The Hall–Kier alpha value is -2.69. The Balaban J connectivity index is 1.74. The van der Waals surface area contributed by atoms with Crippen molar-refractivity contribution in [3.05, 3.63) is 57.8 Å². The lowest BCUT2D eigenvalue weighted by molar-refractivity contribution is 0.0463. The maximum absolute atomic E-state index is 12.6. The summed E-state index contributed by atoms with van der Waals surface area (Å²) in [5.74, 6) is -1.25. The van der Waals surface area contributed by atoms with Crippen LogP contribution in [-0.2, 0) is 14.6 Å². The summed E-state index contributed by atoms with van der Waals surface area (Å²) in [6, 6.07) is 8.02. The molecule has 0 bridgehead atoms. The van der Waals surface area contributed by atoms with Gasteiger partial charge in [0.05, 0.1) is 17.2 Å². The van der Waals surface area contributed by atoms with E-state index >= 15 is 0 Å². The van der Waals surface area contributed by atoms with Gasteiger partial charge in [-0.1, -0.05) is 36.8 Å². The van der Waals surface area contributed by atoms with E-state index in [0.717, 1.165) is 11.3 Å². The van der Waals surface area contributed by atoms with Crippen molar-refractivity contribution in [2.75, 3.05) is 11.9 Å². The van der Waals surface area contributed by atoms with Crippen LogP contribution < -0.4 is 5.32 Å². The molecule has 0 atom stereocenters. The standard InChI is InChI=1S/C20H19ClN2O6S2/c1-11(2)10-28-19(25)17-12(3)22-20(30-17)23-18(24)15-8-9-16(29-15)31(26,27)14-6-4-13(21)5-7-14/h4-9,11H,10H2,1-3H3,(H,22,23,24). The van der Waals surface area contributed by atoms with Crippen LogP contribution in [0.2, 0.25) is 5.02 Å². The first kappa shape index (κ1) is 23.0. The first-order valence-electron chi connectivity index (χ1n) is 9.14. The highest BCUT2D eigenvalue weighted by atomic mass is 35.5. The maximum atomic E-state index is 12.6. The van der Waals surface area contributed by atoms with Crippen molar-refractivity contribution in [2.24, 2.45) is 5.92 Å². The van der Waals surface area contributed by atoms with Crippen molar-refractivity contribution in [3.63, 3.8) is 0 Å². The van der Waals surface area contributed by atoms with Gasteiger partial charge >= 0.3 is 5.97 Å². The van der Waals surface area contributed by atoms with Crippen molar-refractivity contribution in [2.45, 2.75) is 30.8 Å². The van der Waals surface area contributed by atoms with E-state index in [0.29, 0.717) is 10.7 Å². The fourth-order valence-electron chi connectivity index (χ4n) is 2.42. The normalized spacial score (nSPS) is 11.5. The maximum Gasteiger partial charge on any atom is 0.350 e.